The molecule has 3 rings (SSSR count). The van der Waals surface area contributed by atoms with Crippen LogP contribution in [0.25, 0.3) is 4.91 Å². The predicted molar refractivity (Wildman–Crippen MR) is 99.9 cm³/mol. The van der Waals surface area contributed by atoms with E-state index in [4.69, 9.17) is 9.15 Å². The zero-order valence-electron chi connectivity index (χ0n) is 14.4. The van der Waals surface area contributed by atoms with Crippen molar-refractivity contribution in [3.63, 3.8) is 0 Å². The van der Waals surface area contributed by atoms with Crippen LogP contribution in [0.3, 0.4) is 0 Å². The number of hydrogen-bond acceptors (Lipinski definition) is 5. The van der Waals surface area contributed by atoms with Crippen LogP contribution in [0.5, 0.6) is 0 Å². The molecule has 1 aliphatic heterocycles. The van der Waals surface area contributed by atoms with Gasteiger partial charge in [0.1, 0.15) is 5.76 Å². The molecule has 132 valence electrons. The van der Waals surface area contributed by atoms with E-state index in [2.05, 4.69) is 5.32 Å². The summed E-state index contributed by atoms with van der Waals surface area (Å²) in [6, 6.07) is 13.6. The maximum Gasteiger partial charge on any atom is 0.287 e. The van der Waals surface area contributed by atoms with Crippen LogP contribution >= 0.6 is 11.8 Å². The number of thioether (sulfide) groups is 1. The molecule has 1 aliphatic rings. The summed E-state index contributed by atoms with van der Waals surface area (Å²) in [6.07, 6.45) is 1.64. The number of benzene rings is 1. The van der Waals surface area contributed by atoms with Gasteiger partial charge in [0.25, 0.3) is 5.91 Å². The number of carbonyl (C=O) groups excluding carboxylic acids is 1. The van der Waals surface area contributed by atoms with Gasteiger partial charge in [0.15, 0.2) is 5.76 Å². The second kappa shape index (κ2) is 8.27. The first-order valence-corrected chi connectivity index (χ1v) is 9.18. The summed E-state index contributed by atoms with van der Waals surface area (Å²) in [5.74, 6) is 1.87. The molecule has 1 aromatic carbocycles. The Labute approximate surface area is 152 Å². The molecule has 2 heterocycles. The lowest BCUT2D eigenvalue weighted by Gasteiger charge is -2.24. The third kappa shape index (κ3) is 4.27. The van der Waals surface area contributed by atoms with E-state index in [0.717, 1.165) is 22.0 Å². The molecule has 5 nitrogen and oxygen atoms in total. The zero-order chi connectivity index (χ0) is 17.6. The quantitative estimate of drug-likeness (QED) is 0.860. The maximum absolute atomic E-state index is 12.7. The number of likely N-dealkylation sites (N-methyl/N-ethyl adjacent to an activating group) is 1. The van der Waals surface area contributed by atoms with Crippen molar-refractivity contribution in [1.82, 2.24) is 10.2 Å². The topological polar surface area (TPSA) is 54.7 Å². The van der Waals surface area contributed by atoms with Crippen LogP contribution in [-0.2, 0) is 9.53 Å². The molecule has 25 heavy (non-hydrogen) atoms. The van der Waals surface area contributed by atoms with E-state index in [1.807, 2.05) is 61.5 Å². The van der Waals surface area contributed by atoms with Gasteiger partial charge < -0.3 is 14.5 Å². The van der Waals surface area contributed by atoms with Crippen molar-refractivity contribution in [3.8, 4) is 0 Å². The molecule has 0 spiro atoms. The molecule has 0 bridgehead atoms. The summed E-state index contributed by atoms with van der Waals surface area (Å²) in [5, 5.41) is 2.99. The Hall–Kier alpha value is -2.18. The molecule has 1 aromatic heterocycles. The monoisotopic (exact) mass is 358 g/mol. The Kier molecular flexibility index (Phi) is 5.83. The van der Waals surface area contributed by atoms with Crippen molar-refractivity contribution < 1.29 is 13.9 Å². The van der Waals surface area contributed by atoms with Crippen molar-refractivity contribution in [3.05, 3.63) is 65.8 Å². The lowest BCUT2D eigenvalue weighted by Crippen LogP contribution is -2.36. The van der Waals surface area contributed by atoms with E-state index in [9.17, 15) is 4.79 Å². The zero-order valence-corrected chi connectivity index (χ0v) is 15.2. The maximum atomic E-state index is 12.7. The first-order valence-electron chi connectivity index (χ1n) is 8.20. The van der Waals surface area contributed by atoms with Gasteiger partial charge >= 0.3 is 0 Å². The van der Waals surface area contributed by atoms with Crippen LogP contribution in [0.2, 0.25) is 0 Å². The van der Waals surface area contributed by atoms with Gasteiger partial charge in [-0.3, -0.25) is 9.69 Å². The number of furan rings is 1. The summed E-state index contributed by atoms with van der Waals surface area (Å²) < 4.78 is 11.2. The highest BCUT2D eigenvalue weighted by molar-refractivity contribution is 8.08. The summed E-state index contributed by atoms with van der Waals surface area (Å²) in [7, 11) is 3.92. The summed E-state index contributed by atoms with van der Waals surface area (Å²) in [4.78, 5) is 15.6. The van der Waals surface area contributed by atoms with Crippen LogP contribution in [0.1, 0.15) is 17.4 Å². The van der Waals surface area contributed by atoms with Gasteiger partial charge in [-0.1, -0.05) is 30.3 Å². The Morgan fingerprint density at radius 3 is 2.72 bits per heavy atom. The molecule has 1 unspecified atom stereocenters. The van der Waals surface area contributed by atoms with Gasteiger partial charge in [-0.25, -0.2) is 0 Å². The summed E-state index contributed by atoms with van der Waals surface area (Å²) in [6.45, 7) is 0.984. The van der Waals surface area contributed by atoms with Crippen molar-refractivity contribution in [2.75, 3.05) is 33.0 Å². The van der Waals surface area contributed by atoms with Gasteiger partial charge in [0, 0.05) is 12.3 Å². The Bertz CT molecular complexity index is 726. The third-order valence-corrected chi connectivity index (χ3v) is 5.06. The first-order chi connectivity index (χ1) is 12.2. The molecule has 0 saturated carbocycles. The first kappa shape index (κ1) is 17.6. The molecule has 0 aliphatic carbocycles. The summed E-state index contributed by atoms with van der Waals surface area (Å²) >= 11 is 1.66. The molecular formula is C19H22N2O3S. The Morgan fingerprint density at radius 2 is 2.04 bits per heavy atom. The molecule has 0 fully saturated rings. The number of ether oxygens (including phenoxy) is 1. The highest BCUT2D eigenvalue weighted by Gasteiger charge is 2.25. The number of amides is 1. The SMILES string of the molecule is CN(C)C(CNC(=O)C1=C(c2ccccc2)SCCO1)c1ccco1. The van der Waals surface area contributed by atoms with E-state index in [-0.39, 0.29) is 11.9 Å². The van der Waals surface area contributed by atoms with Crippen LogP contribution in [0, 0.1) is 0 Å². The molecule has 6 heteroatoms. The van der Waals surface area contributed by atoms with Crippen LogP contribution in [0.4, 0.5) is 0 Å². The normalized spacial score (nSPS) is 15.8. The van der Waals surface area contributed by atoms with Gasteiger partial charge in [-0.15, -0.1) is 11.8 Å². The lowest BCUT2D eigenvalue weighted by molar-refractivity contribution is -0.121. The molecule has 1 atom stereocenters. The van der Waals surface area contributed by atoms with E-state index in [0.29, 0.717) is 18.9 Å². The van der Waals surface area contributed by atoms with Crippen molar-refractivity contribution >= 4 is 22.6 Å². The van der Waals surface area contributed by atoms with Crippen molar-refractivity contribution in [2.24, 2.45) is 0 Å². The van der Waals surface area contributed by atoms with E-state index < -0.39 is 0 Å². The van der Waals surface area contributed by atoms with Gasteiger partial charge in [0.05, 0.1) is 23.8 Å². The highest BCUT2D eigenvalue weighted by Crippen LogP contribution is 2.34. The molecule has 1 N–H and O–H groups in total. The van der Waals surface area contributed by atoms with Crippen LogP contribution in [-0.4, -0.2) is 43.8 Å². The van der Waals surface area contributed by atoms with Crippen molar-refractivity contribution in [1.29, 1.82) is 0 Å². The van der Waals surface area contributed by atoms with E-state index >= 15 is 0 Å². The fourth-order valence-electron chi connectivity index (χ4n) is 2.68. The van der Waals surface area contributed by atoms with Gasteiger partial charge in [-0.2, -0.15) is 0 Å². The minimum Gasteiger partial charge on any atom is -0.486 e. The average Bonchev–Trinajstić information content (AvgIpc) is 3.16. The number of hydrogen-bond donors (Lipinski definition) is 1. The number of nitrogens with one attached hydrogen (secondary N) is 1. The lowest BCUT2D eigenvalue weighted by atomic mass is 10.2. The minimum atomic E-state index is -0.190. The number of rotatable bonds is 6. The molecular weight excluding hydrogens is 336 g/mol. The van der Waals surface area contributed by atoms with Gasteiger partial charge in [-0.05, 0) is 31.8 Å². The number of nitrogens with zero attached hydrogens (tertiary/aromatic N) is 1. The Morgan fingerprint density at radius 1 is 1.24 bits per heavy atom. The molecule has 2 aromatic rings. The second-order valence-electron chi connectivity index (χ2n) is 5.93. The molecule has 1 amide bonds. The number of carbonyl (C=O) groups is 1. The molecule has 0 saturated heterocycles. The third-order valence-electron chi connectivity index (χ3n) is 3.98. The predicted octanol–water partition coefficient (Wildman–Crippen LogP) is 3.13. The molecule has 0 radical (unpaired) electrons. The smallest absolute Gasteiger partial charge is 0.287 e. The van der Waals surface area contributed by atoms with E-state index in [1.165, 1.54) is 0 Å². The minimum absolute atomic E-state index is 0.0315. The fraction of sp³-hybridized carbons (Fsp3) is 0.316. The fourth-order valence-corrected chi connectivity index (χ4v) is 3.64. The van der Waals surface area contributed by atoms with Crippen LogP contribution < -0.4 is 5.32 Å². The summed E-state index contributed by atoms with van der Waals surface area (Å²) in [5.41, 5.74) is 1.01. The van der Waals surface area contributed by atoms with Crippen molar-refractivity contribution in [2.45, 2.75) is 6.04 Å². The standard InChI is InChI=1S/C19H22N2O3S/c1-21(2)15(16-9-6-10-23-16)13-20-19(22)17-18(25-12-11-24-17)14-7-4-3-5-8-14/h3-10,15H,11-13H2,1-2H3,(H,20,22). The average molecular weight is 358 g/mol. The van der Waals surface area contributed by atoms with E-state index in [1.54, 1.807) is 18.0 Å². The highest BCUT2D eigenvalue weighted by atomic mass is 32.2. The van der Waals surface area contributed by atoms with Crippen LogP contribution in [0.15, 0.2) is 58.9 Å². The Balaban J connectivity index is 1.75. The van der Waals surface area contributed by atoms with Gasteiger partial charge in [0.2, 0.25) is 0 Å². The second-order valence-corrected chi connectivity index (χ2v) is 7.03. The largest absolute Gasteiger partial charge is 0.486 e.